The molecular formula is C21H22ClFN2O4. The van der Waals surface area contributed by atoms with Crippen molar-refractivity contribution in [1.82, 2.24) is 10.6 Å². The van der Waals surface area contributed by atoms with Gasteiger partial charge < -0.3 is 15.4 Å². The van der Waals surface area contributed by atoms with Crippen LogP contribution in [-0.4, -0.2) is 37.0 Å². The van der Waals surface area contributed by atoms with Crippen molar-refractivity contribution in [1.29, 1.82) is 0 Å². The second-order valence-corrected chi connectivity index (χ2v) is 6.84. The summed E-state index contributed by atoms with van der Waals surface area (Å²) in [4.78, 5) is 36.6. The molecule has 8 heteroatoms. The fourth-order valence-corrected chi connectivity index (χ4v) is 3.04. The van der Waals surface area contributed by atoms with Gasteiger partial charge in [0.05, 0.1) is 7.11 Å². The standard InChI is InChI=1S/C21H22ClFN2O4/c1-13(26)24-18(12-15-8-4-6-10-17(15)23)20(27)25-19(21(28)29-2)11-14-7-3-5-9-16(14)22/h3-10,18-19H,11-12H2,1-2H3,(H,24,26)(H,25,27)/t18-,19+/m1/s1. The first-order valence-corrected chi connectivity index (χ1v) is 9.31. The van der Waals surface area contributed by atoms with Crippen LogP contribution in [0.2, 0.25) is 5.02 Å². The summed E-state index contributed by atoms with van der Waals surface area (Å²) in [5.74, 6) is -2.24. The highest BCUT2D eigenvalue weighted by molar-refractivity contribution is 6.31. The van der Waals surface area contributed by atoms with Gasteiger partial charge >= 0.3 is 5.97 Å². The van der Waals surface area contributed by atoms with Gasteiger partial charge in [0.1, 0.15) is 17.9 Å². The summed E-state index contributed by atoms with van der Waals surface area (Å²) < 4.78 is 18.8. The van der Waals surface area contributed by atoms with Gasteiger partial charge in [0.25, 0.3) is 0 Å². The van der Waals surface area contributed by atoms with Crippen LogP contribution in [0.25, 0.3) is 0 Å². The number of halogens is 2. The SMILES string of the molecule is COC(=O)[C@H](Cc1ccccc1Cl)NC(=O)[C@@H](Cc1ccccc1F)NC(C)=O. The smallest absolute Gasteiger partial charge is 0.328 e. The van der Waals surface area contributed by atoms with Crippen LogP contribution in [0.1, 0.15) is 18.1 Å². The molecule has 0 bridgehead atoms. The van der Waals surface area contributed by atoms with E-state index in [1.54, 1.807) is 30.3 Å². The maximum absolute atomic E-state index is 14.0. The number of rotatable bonds is 8. The zero-order valence-electron chi connectivity index (χ0n) is 16.1. The minimum atomic E-state index is -1.07. The average molecular weight is 421 g/mol. The Hall–Kier alpha value is -2.93. The van der Waals surface area contributed by atoms with E-state index in [4.69, 9.17) is 16.3 Å². The van der Waals surface area contributed by atoms with Crippen LogP contribution in [0, 0.1) is 5.82 Å². The van der Waals surface area contributed by atoms with Gasteiger partial charge in [0.2, 0.25) is 11.8 Å². The Balaban J connectivity index is 2.20. The molecule has 0 aliphatic carbocycles. The molecule has 0 aromatic heterocycles. The molecule has 2 N–H and O–H groups in total. The Labute approximate surface area is 173 Å². The number of amides is 2. The number of methoxy groups -OCH3 is 1. The third kappa shape index (κ3) is 6.57. The highest BCUT2D eigenvalue weighted by Gasteiger charge is 2.28. The van der Waals surface area contributed by atoms with E-state index >= 15 is 0 Å². The number of nitrogens with one attached hydrogen (secondary N) is 2. The van der Waals surface area contributed by atoms with Gasteiger partial charge in [-0.15, -0.1) is 0 Å². The van der Waals surface area contributed by atoms with E-state index in [0.29, 0.717) is 10.6 Å². The van der Waals surface area contributed by atoms with Gasteiger partial charge in [-0.2, -0.15) is 0 Å². The molecule has 0 saturated heterocycles. The molecule has 2 aromatic rings. The third-order valence-electron chi connectivity index (χ3n) is 4.26. The first-order chi connectivity index (χ1) is 13.8. The Morgan fingerprint density at radius 1 is 0.966 bits per heavy atom. The molecule has 154 valence electrons. The molecule has 2 aromatic carbocycles. The minimum Gasteiger partial charge on any atom is -0.467 e. The van der Waals surface area contributed by atoms with Crippen molar-refractivity contribution in [3.05, 3.63) is 70.5 Å². The summed E-state index contributed by atoms with van der Waals surface area (Å²) in [6.07, 6.45) is 0.0304. The lowest BCUT2D eigenvalue weighted by atomic mass is 10.0. The van der Waals surface area contributed by atoms with Crippen molar-refractivity contribution in [3.8, 4) is 0 Å². The largest absolute Gasteiger partial charge is 0.467 e. The summed E-state index contributed by atoms with van der Waals surface area (Å²) in [5.41, 5.74) is 0.914. The maximum Gasteiger partial charge on any atom is 0.328 e. The zero-order chi connectivity index (χ0) is 21.4. The molecule has 6 nitrogen and oxygen atoms in total. The first-order valence-electron chi connectivity index (χ1n) is 8.94. The van der Waals surface area contributed by atoms with E-state index in [1.807, 2.05) is 0 Å². The first kappa shape index (κ1) is 22.4. The summed E-state index contributed by atoms with van der Waals surface area (Å²) in [7, 11) is 1.21. The quantitative estimate of drug-likeness (QED) is 0.642. The summed E-state index contributed by atoms with van der Waals surface area (Å²) in [6, 6.07) is 10.8. The zero-order valence-corrected chi connectivity index (χ0v) is 16.8. The van der Waals surface area contributed by atoms with Gasteiger partial charge in [0, 0.05) is 24.8 Å². The predicted octanol–water partition coefficient (Wildman–Crippen LogP) is 2.43. The molecular weight excluding hydrogens is 399 g/mol. The van der Waals surface area contributed by atoms with Crippen molar-refractivity contribution in [2.24, 2.45) is 0 Å². The molecule has 0 aliphatic rings. The van der Waals surface area contributed by atoms with Gasteiger partial charge in [-0.25, -0.2) is 9.18 Å². The predicted molar refractivity (Wildman–Crippen MR) is 107 cm³/mol. The van der Waals surface area contributed by atoms with Gasteiger partial charge in [-0.05, 0) is 23.3 Å². The molecule has 2 amide bonds. The molecule has 0 spiro atoms. The molecule has 29 heavy (non-hydrogen) atoms. The highest BCUT2D eigenvalue weighted by Crippen LogP contribution is 2.17. The Morgan fingerprint density at radius 3 is 2.14 bits per heavy atom. The number of carbonyl (C=O) groups is 3. The molecule has 0 saturated carbocycles. The molecule has 2 atom stereocenters. The third-order valence-corrected chi connectivity index (χ3v) is 4.63. The lowest BCUT2D eigenvalue weighted by Gasteiger charge is -2.22. The maximum atomic E-state index is 14.0. The molecule has 0 unspecified atom stereocenters. The van der Waals surface area contributed by atoms with E-state index in [2.05, 4.69) is 10.6 Å². The molecule has 0 heterocycles. The van der Waals surface area contributed by atoms with Crippen LogP contribution < -0.4 is 10.6 Å². The fraction of sp³-hybridized carbons (Fsp3) is 0.286. The summed E-state index contributed by atoms with van der Waals surface area (Å²) >= 11 is 6.15. The number of esters is 1. The second kappa shape index (κ2) is 10.6. The van der Waals surface area contributed by atoms with E-state index in [-0.39, 0.29) is 18.4 Å². The lowest BCUT2D eigenvalue weighted by Crippen LogP contribution is -2.53. The molecule has 0 radical (unpaired) electrons. The van der Waals surface area contributed by atoms with Gasteiger partial charge in [-0.1, -0.05) is 48.0 Å². The van der Waals surface area contributed by atoms with Gasteiger partial charge in [0.15, 0.2) is 0 Å². The van der Waals surface area contributed by atoms with Crippen LogP contribution in [0.5, 0.6) is 0 Å². The number of ether oxygens (including phenoxy) is 1. The fourth-order valence-electron chi connectivity index (χ4n) is 2.83. The van der Waals surface area contributed by atoms with Crippen LogP contribution >= 0.6 is 11.6 Å². The lowest BCUT2D eigenvalue weighted by molar-refractivity contribution is -0.145. The van der Waals surface area contributed by atoms with Crippen molar-refractivity contribution >= 4 is 29.4 Å². The number of hydrogen-bond donors (Lipinski definition) is 2. The van der Waals surface area contributed by atoms with Crippen molar-refractivity contribution < 1.29 is 23.5 Å². The monoisotopic (exact) mass is 420 g/mol. The Morgan fingerprint density at radius 2 is 1.55 bits per heavy atom. The second-order valence-electron chi connectivity index (χ2n) is 6.43. The highest BCUT2D eigenvalue weighted by atomic mass is 35.5. The van der Waals surface area contributed by atoms with Gasteiger partial charge in [-0.3, -0.25) is 9.59 Å². The summed E-state index contributed by atoms with van der Waals surface area (Å²) in [6.45, 7) is 1.25. The number of hydrogen-bond acceptors (Lipinski definition) is 4. The topological polar surface area (TPSA) is 84.5 Å². The van der Waals surface area contributed by atoms with E-state index in [1.165, 1.54) is 32.2 Å². The van der Waals surface area contributed by atoms with Crippen molar-refractivity contribution in [2.75, 3.05) is 7.11 Å². The molecule has 0 aliphatic heterocycles. The Bertz CT molecular complexity index is 890. The van der Waals surface area contributed by atoms with Crippen LogP contribution in [-0.2, 0) is 32.0 Å². The van der Waals surface area contributed by atoms with Crippen LogP contribution in [0.3, 0.4) is 0 Å². The number of carbonyl (C=O) groups excluding carboxylic acids is 3. The average Bonchev–Trinajstić information content (AvgIpc) is 2.69. The molecule has 0 fully saturated rings. The normalized spacial score (nSPS) is 12.6. The van der Waals surface area contributed by atoms with E-state index in [9.17, 15) is 18.8 Å². The van der Waals surface area contributed by atoms with E-state index in [0.717, 1.165) is 0 Å². The Kier molecular flexibility index (Phi) is 8.15. The van der Waals surface area contributed by atoms with Crippen molar-refractivity contribution in [3.63, 3.8) is 0 Å². The van der Waals surface area contributed by atoms with E-state index < -0.39 is 35.7 Å². The minimum absolute atomic E-state index is 0.0714. The van der Waals surface area contributed by atoms with Crippen molar-refractivity contribution in [2.45, 2.75) is 31.8 Å². The molecule has 2 rings (SSSR count). The van der Waals surface area contributed by atoms with Crippen LogP contribution in [0.4, 0.5) is 4.39 Å². The van der Waals surface area contributed by atoms with Crippen LogP contribution in [0.15, 0.2) is 48.5 Å². The number of benzene rings is 2. The summed E-state index contributed by atoms with van der Waals surface area (Å²) in [5, 5.41) is 5.52.